The van der Waals surface area contributed by atoms with Crippen LogP contribution in [0.15, 0.2) is 66.7 Å². The third-order valence-electron chi connectivity index (χ3n) is 10.0. The Kier molecular flexibility index (Phi) is 8.72. The number of amides is 4. The van der Waals surface area contributed by atoms with Crippen LogP contribution < -0.4 is 19.5 Å². The van der Waals surface area contributed by atoms with Crippen molar-refractivity contribution < 1.29 is 32.3 Å². The second-order valence-electron chi connectivity index (χ2n) is 13.5. The Morgan fingerprint density at radius 3 is 2.65 bits per heavy atom. The number of pyridine rings is 1. The number of methoxy groups -OCH3 is 1. The predicted octanol–water partition coefficient (Wildman–Crippen LogP) is 4.01. The van der Waals surface area contributed by atoms with Crippen LogP contribution in [0.2, 0.25) is 0 Å². The quantitative estimate of drug-likeness (QED) is 0.338. The summed E-state index contributed by atoms with van der Waals surface area (Å²) in [6.45, 7) is 0.649. The Labute approximate surface area is 285 Å². The van der Waals surface area contributed by atoms with E-state index >= 15 is 0 Å². The van der Waals surface area contributed by atoms with Crippen molar-refractivity contribution in [1.82, 2.24) is 24.8 Å². The van der Waals surface area contributed by atoms with Crippen LogP contribution in [0.3, 0.4) is 0 Å². The molecule has 7 rings (SSSR count). The van der Waals surface area contributed by atoms with E-state index in [1.807, 2.05) is 66.7 Å². The van der Waals surface area contributed by atoms with E-state index in [0.717, 1.165) is 35.9 Å². The maximum Gasteiger partial charge on any atom is 0.320 e. The molecule has 2 saturated carbocycles. The van der Waals surface area contributed by atoms with Crippen molar-refractivity contribution in [2.24, 2.45) is 5.92 Å². The summed E-state index contributed by atoms with van der Waals surface area (Å²) in [5.74, 6) is -0.301. The smallest absolute Gasteiger partial charge is 0.320 e. The van der Waals surface area contributed by atoms with Gasteiger partial charge in [-0.15, -0.1) is 0 Å². The highest BCUT2D eigenvalue weighted by Crippen LogP contribution is 2.46. The lowest BCUT2D eigenvalue weighted by molar-refractivity contribution is -0.137. The molecule has 49 heavy (non-hydrogen) atoms. The topological polar surface area (TPSA) is 147 Å². The van der Waals surface area contributed by atoms with Crippen molar-refractivity contribution in [2.75, 3.05) is 27.3 Å². The molecule has 0 radical (unpaired) electrons. The van der Waals surface area contributed by atoms with Crippen molar-refractivity contribution in [1.29, 1.82) is 0 Å². The first-order chi connectivity index (χ1) is 23.6. The fourth-order valence-corrected chi connectivity index (χ4v) is 8.13. The number of nitrogens with one attached hydrogen (secondary N) is 2. The van der Waals surface area contributed by atoms with E-state index in [2.05, 4.69) is 10.0 Å². The molecule has 1 saturated heterocycles. The monoisotopic (exact) mass is 687 g/mol. The van der Waals surface area contributed by atoms with Gasteiger partial charge in [-0.1, -0.05) is 42.5 Å². The summed E-state index contributed by atoms with van der Waals surface area (Å²) in [4.78, 5) is 49.2. The molecular weight excluding hydrogens is 646 g/mol. The van der Waals surface area contributed by atoms with Crippen molar-refractivity contribution in [2.45, 2.75) is 67.8 Å². The molecule has 258 valence electrons. The number of hydrogen-bond donors (Lipinski definition) is 2. The van der Waals surface area contributed by atoms with Gasteiger partial charge in [-0.2, -0.15) is 0 Å². The normalized spacial score (nSPS) is 26.4. The fourth-order valence-electron chi connectivity index (χ4n) is 6.77. The van der Waals surface area contributed by atoms with Gasteiger partial charge in [0.25, 0.3) is 5.91 Å². The number of carbonyl (C=O) groups is 3. The van der Waals surface area contributed by atoms with Gasteiger partial charge in [0, 0.05) is 49.0 Å². The molecule has 4 atom stereocenters. The van der Waals surface area contributed by atoms with Crippen LogP contribution in [0.4, 0.5) is 4.79 Å². The van der Waals surface area contributed by atoms with E-state index in [1.165, 1.54) is 4.90 Å². The fraction of sp³-hybridized carbons (Fsp3) is 0.444. The molecule has 0 unspecified atom stereocenters. The predicted molar refractivity (Wildman–Crippen MR) is 183 cm³/mol. The van der Waals surface area contributed by atoms with Crippen LogP contribution in [0, 0.1) is 5.92 Å². The van der Waals surface area contributed by atoms with Crippen molar-refractivity contribution in [3.8, 4) is 22.8 Å². The number of allylic oxidation sites excluding steroid dienone is 1. The Morgan fingerprint density at radius 2 is 1.90 bits per heavy atom. The summed E-state index contributed by atoms with van der Waals surface area (Å²) in [5, 5.41) is 3.09. The maximum atomic E-state index is 13.9. The molecule has 4 aliphatic rings. The van der Waals surface area contributed by atoms with Gasteiger partial charge in [-0.3, -0.25) is 14.3 Å². The molecule has 0 bridgehead atoms. The van der Waals surface area contributed by atoms with Crippen LogP contribution in [-0.2, 0) is 19.6 Å². The van der Waals surface area contributed by atoms with Crippen LogP contribution in [0.5, 0.6) is 11.5 Å². The van der Waals surface area contributed by atoms with Gasteiger partial charge in [0.05, 0.1) is 29.6 Å². The minimum Gasteiger partial charge on any atom is -0.497 e. The molecule has 4 amide bonds. The second kappa shape index (κ2) is 13.0. The van der Waals surface area contributed by atoms with Crippen molar-refractivity contribution in [3.05, 3.63) is 66.7 Å². The largest absolute Gasteiger partial charge is 0.497 e. The summed E-state index contributed by atoms with van der Waals surface area (Å²) < 4.78 is 39.4. The van der Waals surface area contributed by atoms with Gasteiger partial charge < -0.3 is 24.6 Å². The van der Waals surface area contributed by atoms with Gasteiger partial charge in [-0.25, -0.2) is 18.2 Å². The van der Waals surface area contributed by atoms with E-state index in [-0.39, 0.29) is 25.0 Å². The highest BCUT2D eigenvalue weighted by Gasteiger charge is 2.62. The summed E-state index contributed by atoms with van der Waals surface area (Å²) in [6.07, 6.45) is 7.84. The number of ether oxygens (including phenoxy) is 2. The minimum atomic E-state index is -3.81. The molecular formula is C36H41N5O7S. The van der Waals surface area contributed by atoms with Crippen molar-refractivity contribution in [3.63, 3.8) is 0 Å². The number of aromatic nitrogens is 1. The minimum absolute atomic E-state index is 0.124. The first kappa shape index (κ1) is 32.9. The van der Waals surface area contributed by atoms with Gasteiger partial charge in [0.1, 0.15) is 29.7 Å². The molecule has 3 heterocycles. The summed E-state index contributed by atoms with van der Waals surface area (Å²) in [7, 11) is -0.488. The van der Waals surface area contributed by atoms with E-state index in [4.69, 9.17) is 14.5 Å². The van der Waals surface area contributed by atoms with E-state index in [9.17, 15) is 22.8 Å². The van der Waals surface area contributed by atoms with Crippen LogP contribution >= 0.6 is 0 Å². The highest BCUT2D eigenvalue weighted by molar-refractivity contribution is 7.91. The molecule has 2 aromatic carbocycles. The number of rotatable bonds is 8. The van der Waals surface area contributed by atoms with Crippen LogP contribution in [-0.4, -0.2) is 91.2 Å². The molecule has 13 heteroatoms. The summed E-state index contributed by atoms with van der Waals surface area (Å²) >= 11 is 0. The Hall–Kier alpha value is -4.65. The lowest BCUT2D eigenvalue weighted by Crippen LogP contribution is -2.69. The first-order valence-corrected chi connectivity index (χ1v) is 18.4. The Morgan fingerprint density at radius 1 is 1.10 bits per heavy atom. The third kappa shape index (κ3) is 6.55. The molecule has 2 aliphatic carbocycles. The van der Waals surface area contributed by atoms with Crippen LogP contribution in [0.25, 0.3) is 22.2 Å². The molecule has 2 N–H and O–H groups in total. The molecule has 3 fully saturated rings. The Bertz CT molecular complexity index is 1920. The van der Waals surface area contributed by atoms with Crippen LogP contribution in [0.1, 0.15) is 44.9 Å². The highest BCUT2D eigenvalue weighted by atomic mass is 32.2. The van der Waals surface area contributed by atoms with E-state index in [0.29, 0.717) is 42.8 Å². The maximum absolute atomic E-state index is 13.9. The average molecular weight is 688 g/mol. The average Bonchev–Trinajstić information content (AvgIpc) is 4.01. The van der Waals surface area contributed by atoms with E-state index in [1.54, 1.807) is 19.1 Å². The molecule has 2 aliphatic heterocycles. The SMILES string of the molecule is COc1ccc2c(OC[C@H]3C[C@@H]4C(=O)N[C@@]5(C(=O)NS(=O)(=O)C6CC6)C[C@@H]5/C=C\CCCCN(C)C(=O)N34)cc(-c3ccccc3)nc2c1. The van der Waals surface area contributed by atoms with Gasteiger partial charge in [-0.05, 0) is 50.7 Å². The lowest BCUT2D eigenvalue weighted by atomic mass is 9.92. The number of sulfonamides is 1. The molecule has 1 aromatic heterocycles. The van der Waals surface area contributed by atoms with Gasteiger partial charge in [0.15, 0.2) is 0 Å². The molecule has 0 spiro atoms. The van der Waals surface area contributed by atoms with E-state index < -0.39 is 44.7 Å². The number of nitrogens with zero attached hydrogens (tertiary/aromatic N) is 3. The number of urea groups is 1. The number of hydrogen-bond acceptors (Lipinski definition) is 8. The number of carbonyl (C=O) groups excluding carboxylic acids is 3. The van der Waals surface area contributed by atoms with Gasteiger partial charge >= 0.3 is 6.03 Å². The number of fused-ring (bicyclic) bond motifs is 3. The molecule has 3 aromatic rings. The zero-order valence-corrected chi connectivity index (χ0v) is 28.4. The first-order valence-electron chi connectivity index (χ1n) is 16.8. The summed E-state index contributed by atoms with van der Waals surface area (Å²) in [6, 6.07) is 15.6. The standard InChI is InChI=1S/C36H41N5O7S/c1-40-17-9-4-3-8-12-24-21-36(24,34(43)39-49(45,46)27-14-15-27)38-33(42)31-18-25(41(31)35(40)44)22-48-32-20-29(23-10-6-5-7-11-23)37-30-19-26(47-2)13-16-28(30)32/h5-8,10-13,16,19-20,24-25,27,31H,3-4,9,14-15,17-18,21-22H2,1-2H3,(H,38,42)(H,39,43)/b12-8-/t24-,25+,31+,36-/m0/s1. The zero-order chi connectivity index (χ0) is 34.3. The number of benzene rings is 2. The third-order valence-corrected chi connectivity index (χ3v) is 11.8. The Balaban J connectivity index is 1.14. The second-order valence-corrected chi connectivity index (χ2v) is 15.4. The van der Waals surface area contributed by atoms with Crippen molar-refractivity contribution >= 4 is 38.8 Å². The van der Waals surface area contributed by atoms with Gasteiger partial charge in [0.2, 0.25) is 15.9 Å². The molecule has 12 nitrogen and oxygen atoms in total. The lowest BCUT2D eigenvalue weighted by Gasteiger charge is -2.48. The summed E-state index contributed by atoms with van der Waals surface area (Å²) in [5.41, 5.74) is 0.944. The zero-order valence-electron chi connectivity index (χ0n) is 27.6.